The average Bonchev–Trinajstić information content (AvgIpc) is 2.88. The van der Waals surface area contributed by atoms with Crippen molar-refractivity contribution < 1.29 is 0 Å². The van der Waals surface area contributed by atoms with Crippen LogP contribution in [0.1, 0.15) is 19.3 Å². The van der Waals surface area contributed by atoms with Gasteiger partial charge >= 0.3 is 0 Å². The molecule has 0 aliphatic carbocycles. The fraction of sp³-hybridized carbons (Fsp3) is 0.538. The zero-order valence-electron chi connectivity index (χ0n) is 10.9. The van der Waals surface area contributed by atoms with Gasteiger partial charge in [-0.25, -0.2) is 0 Å². The Labute approximate surface area is 122 Å². The lowest BCUT2D eigenvalue weighted by molar-refractivity contribution is 0.195. The lowest BCUT2D eigenvalue weighted by Gasteiger charge is -2.32. The van der Waals surface area contributed by atoms with Crippen LogP contribution in [-0.2, 0) is 0 Å². The molecule has 0 saturated carbocycles. The molecule has 0 bridgehead atoms. The number of likely N-dealkylation sites (tertiary alicyclic amines) is 1. The summed E-state index contributed by atoms with van der Waals surface area (Å²) in [5.74, 6) is 0. The molecule has 2 heterocycles. The van der Waals surface area contributed by atoms with E-state index in [9.17, 15) is 0 Å². The molecule has 1 fully saturated rings. The Morgan fingerprint density at radius 3 is 3.16 bits per heavy atom. The molecular formula is C13H17ClN4S. The Balaban J connectivity index is 1.77. The summed E-state index contributed by atoms with van der Waals surface area (Å²) < 4.78 is 8.58. The van der Waals surface area contributed by atoms with Crippen LogP contribution < -0.4 is 5.32 Å². The van der Waals surface area contributed by atoms with E-state index in [1.165, 1.54) is 37.5 Å². The van der Waals surface area contributed by atoms with E-state index in [0.29, 0.717) is 6.04 Å². The molecule has 1 atom stereocenters. The first-order valence-corrected chi connectivity index (χ1v) is 7.71. The maximum atomic E-state index is 6.27. The number of fused-ring (bicyclic) bond motifs is 1. The van der Waals surface area contributed by atoms with Gasteiger partial charge in [0, 0.05) is 12.6 Å². The SMILES string of the molecule is CN1CCCCC1CNc1c(Cl)ccc2nsnc12. The number of hydrogen-bond donors (Lipinski definition) is 1. The van der Waals surface area contributed by atoms with Gasteiger partial charge in [-0.05, 0) is 38.6 Å². The zero-order valence-corrected chi connectivity index (χ0v) is 12.5. The summed E-state index contributed by atoms with van der Waals surface area (Å²) in [6, 6.07) is 4.38. The second-order valence-electron chi connectivity index (χ2n) is 5.07. The maximum Gasteiger partial charge on any atom is 0.129 e. The highest BCUT2D eigenvalue weighted by molar-refractivity contribution is 7.00. The molecule has 2 aromatic rings. The predicted octanol–water partition coefficient (Wildman–Crippen LogP) is 3.24. The number of nitrogens with one attached hydrogen (secondary N) is 1. The lowest BCUT2D eigenvalue weighted by Crippen LogP contribution is -2.40. The summed E-state index contributed by atoms with van der Waals surface area (Å²) in [5.41, 5.74) is 2.72. The van der Waals surface area contributed by atoms with Crippen LogP contribution in [0.3, 0.4) is 0 Å². The molecule has 4 nitrogen and oxygen atoms in total. The number of rotatable bonds is 3. The van der Waals surface area contributed by atoms with E-state index in [4.69, 9.17) is 11.6 Å². The van der Waals surface area contributed by atoms with Crippen molar-refractivity contribution in [1.29, 1.82) is 0 Å². The van der Waals surface area contributed by atoms with Crippen LogP contribution in [-0.4, -0.2) is 39.8 Å². The number of benzene rings is 1. The van der Waals surface area contributed by atoms with Crippen molar-refractivity contribution in [1.82, 2.24) is 13.6 Å². The normalized spacial score (nSPS) is 20.8. The van der Waals surface area contributed by atoms with Crippen LogP contribution >= 0.6 is 23.3 Å². The summed E-state index contributed by atoms with van der Waals surface area (Å²) in [7, 11) is 2.19. The predicted molar refractivity (Wildman–Crippen MR) is 81.2 cm³/mol. The summed E-state index contributed by atoms with van der Waals surface area (Å²) in [4.78, 5) is 2.42. The third-order valence-corrected chi connectivity index (χ3v) is 4.67. The Morgan fingerprint density at radius 1 is 1.42 bits per heavy atom. The van der Waals surface area contributed by atoms with E-state index in [1.807, 2.05) is 12.1 Å². The molecule has 1 aromatic heterocycles. The molecule has 1 aliphatic rings. The average molecular weight is 297 g/mol. The first-order valence-electron chi connectivity index (χ1n) is 6.60. The van der Waals surface area contributed by atoms with Crippen molar-refractivity contribution in [2.45, 2.75) is 25.3 Å². The summed E-state index contributed by atoms with van der Waals surface area (Å²) >= 11 is 7.50. The molecule has 1 aliphatic heterocycles. The number of hydrogen-bond acceptors (Lipinski definition) is 5. The number of piperidine rings is 1. The molecule has 1 N–H and O–H groups in total. The van der Waals surface area contributed by atoms with Gasteiger partial charge in [-0.15, -0.1) is 0 Å². The Morgan fingerprint density at radius 2 is 2.32 bits per heavy atom. The number of likely N-dealkylation sites (N-methyl/N-ethyl adjacent to an activating group) is 1. The minimum absolute atomic E-state index is 0.576. The Kier molecular flexibility index (Phi) is 3.86. The van der Waals surface area contributed by atoms with Gasteiger partial charge in [-0.3, -0.25) is 0 Å². The van der Waals surface area contributed by atoms with E-state index in [-0.39, 0.29) is 0 Å². The smallest absolute Gasteiger partial charge is 0.129 e. The van der Waals surface area contributed by atoms with Gasteiger partial charge in [-0.2, -0.15) is 8.75 Å². The van der Waals surface area contributed by atoms with Crippen LogP contribution in [0.2, 0.25) is 5.02 Å². The molecule has 1 unspecified atom stereocenters. The van der Waals surface area contributed by atoms with E-state index in [2.05, 4.69) is 26.0 Å². The second-order valence-corrected chi connectivity index (χ2v) is 6.00. The highest BCUT2D eigenvalue weighted by atomic mass is 35.5. The summed E-state index contributed by atoms with van der Waals surface area (Å²) in [6.07, 6.45) is 3.86. The molecule has 1 saturated heterocycles. The third-order valence-electron chi connectivity index (χ3n) is 3.81. The summed E-state index contributed by atoms with van der Waals surface area (Å²) in [6.45, 7) is 2.09. The van der Waals surface area contributed by atoms with Gasteiger partial charge in [0.1, 0.15) is 11.0 Å². The Bertz CT molecular complexity index is 571. The molecule has 1 aromatic carbocycles. The Hall–Kier alpha value is -0.910. The molecule has 0 spiro atoms. The summed E-state index contributed by atoms with van der Waals surface area (Å²) in [5, 5.41) is 4.19. The highest BCUT2D eigenvalue weighted by Gasteiger charge is 2.19. The van der Waals surface area contributed by atoms with Crippen LogP contribution in [0.25, 0.3) is 11.0 Å². The van der Waals surface area contributed by atoms with Gasteiger partial charge in [0.25, 0.3) is 0 Å². The van der Waals surface area contributed by atoms with Crippen molar-refractivity contribution in [3.05, 3.63) is 17.2 Å². The zero-order chi connectivity index (χ0) is 13.2. The van der Waals surface area contributed by atoms with Crippen molar-refractivity contribution in [3.63, 3.8) is 0 Å². The topological polar surface area (TPSA) is 41.0 Å². The fourth-order valence-electron chi connectivity index (χ4n) is 2.62. The van der Waals surface area contributed by atoms with E-state index in [0.717, 1.165) is 28.3 Å². The molecule has 0 radical (unpaired) electrons. The first kappa shape index (κ1) is 13.1. The minimum atomic E-state index is 0.576. The third kappa shape index (κ3) is 2.68. The van der Waals surface area contributed by atoms with E-state index >= 15 is 0 Å². The van der Waals surface area contributed by atoms with Gasteiger partial charge in [0.05, 0.1) is 22.4 Å². The molecular weight excluding hydrogens is 280 g/mol. The fourth-order valence-corrected chi connectivity index (χ4v) is 3.38. The molecule has 3 rings (SSSR count). The van der Waals surface area contributed by atoms with Crippen molar-refractivity contribution in [2.24, 2.45) is 0 Å². The number of aromatic nitrogens is 2. The van der Waals surface area contributed by atoms with Crippen molar-refractivity contribution in [3.8, 4) is 0 Å². The lowest BCUT2D eigenvalue weighted by atomic mass is 10.0. The monoisotopic (exact) mass is 296 g/mol. The van der Waals surface area contributed by atoms with E-state index < -0.39 is 0 Å². The van der Waals surface area contributed by atoms with Crippen molar-refractivity contribution >= 4 is 40.0 Å². The van der Waals surface area contributed by atoms with Crippen LogP contribution in [0.15, 0.2) is 12.1 Å². The minimum Gasteiger partial charge on any atom is -0.380 e. The van der Waals surface area contributed by atoms with Gasteiger partial charge < -0.3 is 10.2 Å². The molecule has 0 amide bonds. The number of anilines is 1. The molecule has 102 valence electrons. The largest absolute Gasteiger partial charge is 0.380 e. The maximum absolute atomic E-state index is 6.27. The number of halogens is 1. The number of nitrogens with zero attached hydrogens (tertiary/aromatic N) is 3. The highest BCUT2D eigenvalue weighted by Crippen LogP contribution is 2.30. The quantitative estimate of drug-likeness (QED) is 0.944. The van der Waals surface area contributed by atoms with Gasteiger partial charge in [-0.1, -0.05) is 18.0 Å². The first-order chi connectivity index (χ1) is 9.25. The molecule has 6 heteroatoms. The standard InChI is InChI=1S/C13H17ClN4S/c1-18-7-3-2-4-9(18)8-15-12-10(14)5-6-11-13(12)17-19-16-11/h5-6,9,15H,2-4,7-8H2,1H3. The van der Waals surface area contributed by atoms with Gasteiger partial charge in [0.2, 0.25) is 0 Å². The van der Waals surface area contributed by atoms with Crippen molar-refractivity contribution in [2.75, 3.05) is 25.5 Å². The van der Waals surface area contributed by atoms with Gasteiger partial charge in [0.15, 0.2) is 0 Å². The molecule has 19 heavy (non-hydrogen) atoms. The second kappa shape index (κ2) is 5.61. The van der Waals surface area contributed by atoms with Crippen LogP contribution in [0.5, 0.6) is 0 Å². The van der Waals surface area contributed by atoms with Crippen LogP contribution in [0, 0.1) is 0 Å². The van der Waals surface area contributed by atoms with E-state index in [1.54, 1.807) is 0 Å². The van der Waals surface area contributed by atoms with Crippen LogP contribution in [0.4, 0.5) is 5.69 Å².